The van der Waals surface area contributed by atoms with Gasteiger partial charge in [0.05, 0.1) is 14.2 Å². The van der Waals surface area contributed by atoms with Gasteiger partial charge in [0.2, 0.25) is 0 Å². The van der Waals surface area contributed by atoms with Gasteiger partial charge in [-0.1, -0.05) is 12.5 Å². The van der Waals surface area contributed by atoms with Crippen molar-refractivity contribution in [2.45, 2.75) is 38.3 Å². The molecule has 1 saturated heterocycles. The number of benzene rings is 1. The first-order valence-corrected chi connectivity index (χ1v) is 7.88. The predicted octanol–water partition coefficient (Wildman–Crippen LogP) is 2.67. The molecule has 1 N–H and O–H groups in total. The quantitative estimate of drug-likeness (QED) is 0.838. The van der Waals surface area contributed by atoms with Gasteiger partial charge in [0, 0.05) is 24.2 Å². The highest BCUT2D eigenvalue weighted by atomic mass is 16.5. The Hall–Kier alpha value is -1.26. The van der Waals surface area contributed by atoms with Crippen LogP contribution in [0.1, 0.15) is 31.2 Å². The Morgan fingerprint density at radius 1 is 1.24 bits per heavy atom. The van der Waals surface area contributed by atoms with E-state index in [1.54, 1.807) is 14.2 Å². The van der Waals surface area contributed by atoms with Crippen LogP contribution in [0.25, 0.3) is 0 Å². The van der Waals surface area contributed by atoms with Gasteiger partial charge < -0.3 is 14.8 Å². The maximum absolute atomic E-state index is 5.53. The molecule has 0 spiro atoms. The molecular weight excluding hydrogens is 264 g/mol. The molecular formula is C17H28N2O2. The third-order valence-corrected chi connectivity index (χ3v) is 4.34. The smallest absolute Gasteiger partial charge is 0.127 e. The average molecular weight is 292 g/mol. The maximum atomic E-state index is 5.53. The summed E-state index contributed by atoms with van der Waals surface area (Å²) in [6.45, 7) is 3.23. The predicted molar refractivity (Wildman–Crippen MR) is 86.1 cm³/mol. The first-order chi connectivity index (χ1) is 10.3. The Labute approximate surface area is 128 Å². The molecule has 0 aliphatic carbocycles. The molecule has 1 atom stereocenters. The van der Waals surface area contributed by atoms with Crippen molar-refractivity contribution < 1.29 is 9.47 Å². The molecule has 0 saturated carbocycles. The van der Waals surface area contributed by atoms with Crippen molar-refractivity contribution in [3.05, 3.63) is 23.8 Å². The van der Waals surface area contributed by atoms with Gasteiger partial charge in [0.15, 0.2) is 0 Å². The summed E-state index contributed by atoms with van der Waals surface area (Å²) in [5, 5.41) is 3.27. The van der Waals surface area contributed by atoms with Crippen molar-refractivity contribution in [2.24, 2.45) is 0 Å². The van der Waals surface area contributed by atoms with Crippen molar-refractivity contribution in [1.29, 1.82) is 0 Å². The highest BCUT2D eigenvalue weighted by Gasteiger charge is 2.22. The van der Waals surface area contributed by atoms with E-state index in [0.29, 0.717) is 6.04 Å². The molecule has 0 bridgehead atoms. The Balaban J connectivity index is 2.07. The van der Waals surface area contributed by atoms with E-state index >= 15 is 0 Å². The Morgan fingerprint density at radius 2 is 2.10 bits per heavy atom. The van der Waals surface area contributed by atoms with Crippen molar-refractivity contribution in [2.75, 3.05) is 34.4 Å². The van der Waals surface area contributed by atoms with Crippen LogP contribution in [0.2, 0.25) is 0 Å². The lowest BCUT2D eigenvalue weighted by Gasteiger charge is -2.36. The molecule has 1 heterocycles. The Bertz CT molecular complexity index is 437. The van der Waals surface area contributed by atoms with Crippen LogP contribution in [0.15, 0.2) is 18.2 Å². The summed E-state index contributed by atoms with van der Waals surface area (Å²) in [6, 6.07) is 6.80. The second-order valence-corrected chi connectivity index (χ2v) is 5.69. The SMILES string of the molecule is CNCCC1CCCCN1Cc1ccc(OC)cc1OC. The molecule has 0 radical (unpaired) electrons. The number of nitrogens with one attached hydrogen (secondary N) is 1. The molecule has 1 unspecified atom stereocenters. The second kappa shape index (κ2) is 8.25. The molecule has 1 aromatic carbocycles. The summed E-state index contributed by atoms with van der Waals surface area (Å²) < 4.78 is 10.8. The average Bonchev–Trinajstić information content (AvgIpc) is 2.54. The summed E-state index contributed by atoms with van der Waals surface area (Å²) in [6.07, 6.45) is 5.17. The number of nitrogens with zero attached hydrogens (tertiary/aromatic N) is 1. The van der Waals surface area contributed by atoms with Gasteiger partial charge in [-0.2, -0.15) is 0 Å². The summed E-state index contributed by atoms with van der Waals surface area (Å²) in [7, 11) is 5.44. The molecule has 0 amide bonds. The zero-order valence-corrected chi connectivity index (χ0v) is 13.5. The molecule has 2 rings (SSSR count). The molecule has 118 valence electrons. The lowest BCUT2D eigenvalue weighted by Crippen LogP contribution is -2.40. The lowest BCUT2D eigenvalue weighted by atomic mass is 9.98. The molecule has 0 aromatic heterocycles. The van der Waals surface area contributed by atoms with Gasteiger partial charge in [0.25, 0.3) is 0 Å². The number of rotatable bonds is 7. The van der Waals surface area contributed by atoms with Crippen molar-refractivity contribution in [3.8, 4) is 11.5 Å². The lowest BCUT2D eigenvalue weighted by molar-refractivity contribution is 0.131. The van der Waals surface area contributed by atoms with E-state index in [4.69, 9.17) is 9.47 Å². The van der Waals surface area contributed by atoms with Crippen LogP contribution in [0.4, 0.5) is 0 Å². The largest absolute Gasteiger partial charge is 0.497 e. The number of ether oxygens (including phenoxy) is 2. The number of hydrogen-bond donors (Lipinski definition) is 1. The number of piperidine rings is 1. The minimum Gasteiger partial charge on any atom is -0.497 e. The first kappa shape index (κ1) is 16.1. The van der Waals surface area contributed by atoms with Crippen LogP contribution in [-0.4, -0.2) is 45.3 Å². The highest BCUT2D eigenvalue weighted by Crippen LogP contribution is 2.28. The Morgan fingerprint density at radius 3 is 2.81 bits per heavy atom. The monoisotopic (exact) mass is 292 g/mol. The van der Waals surface area contributed by atoms with Crippen molar-refractivity contribution in [1.82, 2.24) is 10.2 Å². The van der Waals surface area contributed by atoms with Crippen molar-refractivity contribution in [3.63, 3.8) is 0 Å². The third-order valence-electron chi connectivity index (χ3n) is 4.34. The highest BCUT2D eigenvalue weighted by molar-refractivity contribution is 5.40. The summed E-state index contributed by atoms with van der Waals surface area (Å²) in [5.74, 6) is 1.77. The molecule has 4 heteroatoms. The van der Waals surface area contributed by atoms with E-state index < -0.39 is 0 Å². The minimum absolute atomic E-state index is 0.679. The van der Waals surface area contributed by atoms with Crippen LogP contribution >= 0.6 is 0 Å². The molecule has 4 nitrogen and oxygen atoms in total. The fourth-order valence-electron chi connectivity index (χ4n) is 3.11. The van der Waals surface area contributed by atoms with Gasteiger partial charge in [-0.3, -0.25) is 4.90 Å². The summed E-state index contributed by atoms with van der Waals surface area (Å²) >= 11 is 0. The summed E-state index contributed by atoms with van der Waals surface area (Å²) in [4.78, 5) is 2.60. The molecule has 1 aromatic rings. The van der Waals surface area contributed by atoms with Gasteiger partial charge in [0.1, 0.15) is 11.5 Å². The number of methoxy groups -OCH3 is 2. The maximum Gasteiger partial charge on any atom is 0.127 e. The first-order valence-electron chi connectivity index (χ1n) is 7.88. The van der Waals surface area contributed by atoms with Crippen LogP contribution in [0, 0.1) is 0 Å². The molecule has 21 heavy (non-hydrogen) atoms. The van der Waals surface area contributed by atoms with Gasteiger partial charge in [-0.15, -0.1) is 0 Å². The number of hydrogen-bond acceptors (Lipinski definition) is 4. The van der Waals surface area contributed by atoms with E-state index in [1.807, 2.05) is 19.2 Å². The second-order valence-electron chi connectivity index (χ2n) is 5.69. The van der Waals surface area contributed by atoms with E-state index in [2.05, 4.69) is 16.3 Å². The molecule has 1 aliphatic heterocycles. The van der Waals surface area contributed by atoms with E-state index in [9.17, 15) is 0 Å². The normalized spacial score (nSPS) is 19.5. The minimum atomic E-state index is 0.679. The van der Waals surface area contributed by atoms with Gasteiger partial charge in [-0.05, 0) is 45.5 Å². The number of likely N-dealkylation sites (tertiary alicyclic amines) is 1. The fourth-order valence-corrected chi connectivity index (χ4v) is 3.11. The topological polar surface area (TPSA) is 33.7 Å². The van der Waals surface area contributed by atoms with Crippen LogP contribution in [0.5, 0.6) is 11.5 Å². The van der Waals surface area contributed by atoms with Crippen LogP contribution < -0.4 is 14.8 Å². The summed E-state index contributed by atoms with van der Waals surface area (Å²) in [5.41, 5.74) is 1.25. The zero-order chi connectivity index (χ0) is 15.1. The van der Waals surface area contributed by atoms with Crippen LogP contribution in [-0.2, 0) is 6.54 Å². The molecule has 1 aliphatic rings. The third kappa shape index (κ3) is 4.35. The van der Waals surface area contributed by atoms with Gasteiger partial charge >= 0.3 is 0 Å². The standard InChI is InChI=1S/C17H28N2O2/c1-18-10-9-15-6-4-5-11-19(15)13-14-7-8-16(20-2)12-17(14)21-3/h7-8,12,15,18H,4-6,9-11,13H2,1-3H3. The molecule has 1 fully saturated rings. The van der Waals surface area contributed by atoms with Crippen molar-refractivity contribution >= 4 is 0 Å². The van der Waals surface area contributed by atoms with Crippen LogP contribution in [0.3, 0.4) is 0 Å². The van der Waals surface area contributed by atoms with Gasteiger partial charge in [-0.25, -0.2) is 0 Å². The zero-order valence-electron chi connectivity index (χ0n) is 13.5. The van der Waals surface area contributed by atoms with E-state index in [-0.39, 0.29) is 0 Å². The Kier molecular flexibility index (Phi) is 6.33. The fraction of sp³-hybridized carbons (Fsp3) is 0.647. The van der Waals surface area contributed by atoms with E-state index in [0.717, 1.165) is 24.6 Å². The van der Waals surface area contributed by atoms with E-state index in [1.165, 1.54) is 37.8 Å².